The smallest absolute Gasteiger partial charge is 0.411 e. The third-order valence-corrected chi connectivity index (χ3v) is 5.29. The maximum Gasteiger partial charge on any atom is 0.411 e. The van der Waals surface area contributed by atoms with Crippen molar-refractivity contribution in [2.24, 2.45) is 28.0 Å². The number of azide groups is 2. The molecule has 1 fully saturated rings. The molecule has 0 saturated carbocycles. The van der Waals surface area contributed by atoms with Gasteiger partial charge in [-0.25, -0.2) is 9.59 Å². The number of nitrogens with two attached hydrogens (primary N) is 1. The molecule has 0 spiro atoms. The monoisotopic (exact) mass is 487 g/mol. The maximum absolute atomic E-state index is 12.9. The summed E-state index contributed by atoms with van der Waals surface area (Å²) in [5, 5.41) is 21.4. The summed E-state index contributed by atoms with van der Waals surface area (Å²) in [5.41, 5.74) is 15.1. The van der Waals surface area contributed by atoms with Gasteiger partial charge in [-0.2, -0.15) is 5.90 Å². The number of carbonyl (C=O) groups excluding carboxylic acids is 4. The van der Waals surface area contributed by atoms with E-state index < -0.39 is 60.6 Å². The van der Waals surface area contributed by atoms with Crippen LogP contribution in [0, 0.1) is 22.7 Å². The highest BCUT2D eigenvalue weighted by Crippen LogP contribution is 2.31. The molecule has 0 bridgehead atoms. The zero-order valence-electron chi connectivity index (χ0n) is 18.1. The topological polar surface area (TPSA) is 264 Å². The normalized spacial score (nSPS) is 20.4. The van der Waals surface area contributed by atoms with Gasteiger partial charge in [-0.3, -0.25) is 19.4 Å². The van der Waals surface area contributed by atoms with Crippen molar-refractivity contribution in [3.05, 3.63) is 45.2 Å². The molecular weight excluding hydrogens is 466 g/mol. The number of likely N-dealkylation sites (tertiary alicyclic amines) is 1. The zero-order chi connectivity index (χ0) is 26.0. The first-order chi connectivity index (χ1) is 16.8. The number of carbonyl (C=O) groups is 4. The van der Waals surface area contributed by atoms with Crippen LogP contribution in [0.4, 0.5) is 4.79 Å². The Kier molecular flexibility index (Phi) is 9.05. The lowest BCUT2D eigenvalue weighted by Gasteiger charge is -2.32. The number of rotatable bonds is 12. The molecule has 1 saturated heterocycles. The number of allylic oxidation sites excluding steroid dienone is 2. The number of amides is 3. The molecule has 2 aliphatic rings. The Morgan fingerprint density at radius 1 is 1.17 bits per heavy atom. The molecule has 0 radical (unpaired) electrons. The summed E-state index contributed by atoms with van der Waals surface area (Å²) >= 11 is 0. The summed E-state index contributed by atoms with van der Waals surface area (Å²) < 4.78 is 5.10. The van der Waals surface area contributed by atoms with Gasteiger partial charge in [0, 0.05) is 28.8 Å². The molecule has 3 atom stereocenters. The fourth-order valence-corrected chi connectivity index (χ4v) is 3.47. The highest BCUT2D eigenvalue weighted by molar-refractivity contribution is 6.07. The van der Waals surface area contributed by atoms with E-state index in [1.807, 2.05) is 0 Å². The first-order valence-electron chi connectivity index (χ1n) is 9.94. The van der Waals surface area contributed by atoms with Crippen LogP contribution in [-0.4, -0.2) is 77.5 Å². The van der Waals surface area contributed by atoms with Crippen LogP contribution < -0.4 is 5.90 Å². The molecule has 1 aliphatic carbocycles. The molecule has 2 rings (SSSR count). The van der Waals surface area contributed by atoms with Crippen molar-refractivity contribution in [3.63, 3.8) is 0 Å². The number of hydrogen-bond acceptors (Lipinski definition) is 11. The van der Waals surface area contributed by atoms with Crippen molar-refractivity contribution in [1.82, 2.24) is 9.80 Å². The van der Waals surface area contributed by atoms with Crippen LogP contribution in [0.1, 0.15) is 6.42 Å². The van der Waals surface area contributed by atoms with E-state index in [0.29, 0.717) is 17.3 Å². The SMILES string of the molecule is [N-]=[N+]=NCN(C(=O)OC(C=N)(C=N)CN=[N+]=[N-])C(CCN1C(=O)C2C=CC=CC2C1=O)C(=O)ON. The standard InChI is InChI=1S/C18H21N11O6/c19-7-18(8-20,9-24-26-21)34-17(33)29(10-25-27-22)13(16(32)35-23)5-6-28-14(30)11-3-1-2-4-12(11)15(28)31/h1-4,7-8,11-13,19-20H,5-6,9-10,23H2. The Morgan fingerprint density at radius 2 is 1.74 bits per heavy atom. The molecule has 17 heteroatoms. The van der Waals surface area contributed by atoms with E-state index >= 15 is 0 Å². The number of hydrogen-bond donors (Lipinski definition) is 3. The lowest BCUT2D eigenvalue weighted by Crippen LogP contribution is -2.52. The van der Waals surface area contributed by atoms with Crippen LogP contribution in [0.5, 0.6) is 0 Å². The van der Waals surface area contributed by atoms with Gasteiger partial charge in [0.25, 0.3) is 0 Å². The summed E-state index contributed by atoms with van der Waals surface area (Å²) in [6.45, 7) is -1.74. The van der Waals surface area contributed by atoms with E-state index in [2.05, 4.69) is 24.9 Å². The lowest BCUT2D eigenvalue weighted by atomic mass is 9.91. The van der Waals surface area contributed by atoms with E-state index in [-0.39, 0.29) is 13.0 Å². The van der Waals surface area contributed by atoms with Gasteiger partial charge in [0.2, 0.25) is 11.8 Å². The van der Waals surface area contributed by atoms with Crippen LogP contribution in [0.15, 0.2) is 34.5 Å². The van der Waals surface area contributed by atoms with Crippen molar-refractivity contribution in [3.8, 4) is 0 Å². The van der Waals surface area contributed by atoms with Crippen molar-refractivity contribution in [2.45, 2.75) is 18.1 Å². The average Bonchev–Trinajstić information content (AvgIpc) is 3.12. The Bertz CT molecular complexity index is 1020. The second kappa shape index (κ2) is 11.9. The quantitative estimate of drug-likeness (QED) is 0.0894. The number of nitrogens with one attached hydrogen (secondary N) is 2. The second-order valence-electron chi connectivity index (χ2n) is 7.23. The van der Waals surface area contributed by atoms with Crippen LogP contribution in [0.3, 0.4) is 0 Å². The Labute approximate surface area is 197 Å². The molecular formula is C18H21N11O6. The fraction of sp³-hybridized carbons (Fsp3) is 0.444. The minimum absolute atomic E-state index is 0.314. The van der Waals surface area contributed by atoms with Gasteiger partial charge < -0.3 is 20.4 Å². The van der Waals surface area contributed by atoms with Gasteiger partial charge in [-0.05, 0) is 17.5 Å². The highest BCUT2D eigenvalue weighted by Gasteiger charge is 2.46. The number of imide groups is 1. The van der Waals surface area contributed by atoms with Crippen LogP contribution in [0.2, 0.25) is 0 Å². The van der Waals surface area contributed by atoms with Crippen molar-refractivity contribution in [2.75, 3.05) is 19.8 Å². The van der Waals surface area contributed by atoms with Gasteiger partial charge in [0.15, 0.2) is 5.60 Å². The first kappa shape index (κ1) is 26.5. The Balaban J connectivity index is 2.30. The molecule has 4 N–H and O–H groups in total. The summed E-state index contributed by atoms with van der Waals surface area (Å²) in [5.74, 6) is 1.46. The molecule has 0 aromatic rings. The van der Waals surface area contributed by atoms with E-state index in [0.717, 1.165) is 4.90 Å². The first-order valence-corrected chi connectivity index (χ1v) is 9.94. The molecule has 3 amide bonds. The predicted octanol–water partition coefficient (Wildman–Crippen LogP) is 0.944. The van der Waals surface area contributed by atoms with Crippen molar-refractivity contribution in [1.29, 1.82) is 10.8 Å². The van der Waals surface area contributed by atoms with Gasteiger partial charge in [-0.15, -0.1) is 0 Å². The number of fused-ring (bicyclic) bond motifs is 1. The minimum Gasteiger partial charge on any atom is -0.431 e. The Hall–Kier alpha value is -4.72. The van der Waals surface area contributed by atoms with E-state index in [1.165, 1.54) is 0 Å². The molecule has 1 aliphatic heterocycles. The van der Waals surface area contributed by atoms with Crippen LogP contribution in [-0.2, 0) is 24.0 Å². The molecule has 3 unspecified atom stereocenters. The van der Waals surface area contributed by atoms with Gasteiger partial charge in [-0.1, -0.05) is 34.5 Å². The fourth-order valence-electron chi connectivity index (χ4n) is 3.47. The summed E-state index contributed by atoms with van der Waals surface area (Å²) in [4.78, 5) is 61.4. The summed E-state index contributed by atoms with van der Waals surface area (Å²) in [6, 6.07) is -1.60. The summed E-state index contributed by atoms with van der Waals surface area (Å²) in [6.07, 6.45) is 5.77. The third kappa shape index (κ3) is 5.80. The van der Waals surface area contributed by atoms with Crippen molar-refractivity contribution >= 4 is 36.3 Å². The average molecular weight is 487 g/mol. The van der Waals surface area contributed by atoms with E-state index in [1.54, 1.807) is 24.3 Å². The number of ether oxygens (including phenoxy) is 1. The Morgan fingerprint density at radius 3 is 2.23 bits per heavy atom. The van der Waals surface area contributed by atoms with Gasteiger partial charge >= 0.3 is 12.1 Å². The zero-order valence-corrected chi connectivity index (χ0v) is 18.1. The van der Waals surface area contributed by atoms with E-state index in [9.17, 15) is 19.2 Å². The number of nitrogens with zero attached hydrogens (tertiary/aromatic N) is 8. The minimum atomic E-state index is -2.09. The summed E-state index contributed by atoms with van der Waals surface area (Å²) in [7, 11) is 0. The molecule has 184 valence electrons. The third-order valence-electron chi connectivity index (χ3n) is 5.29. The van der Waals surface area contributed by atoms with Crippen LogP contribution >= 0.6 is 0 Å². The highest BCUT2D eigenvalue weighted by atomic mass is 16.7. The molecule has 17 nitrogen and oxygen atoms in total. The molecule has 35 heavy (non-hydrogen) atoms. The van der Waals surface area contributed by atoms with E-state index in [4.69, 9.17) is 32.5 Å². The van der Waals surface area contributed by atoms with Gasteiger partial charge in [0.05, 0.1) is 18.4 Å². The molecule has 0 aromatic heterocycles. The predicted molar refractivity (Wildman–Crippen MR) is 117 cm³/mol. The maximum atomic E-state index is 12.9. The second-order valence-corrected chi connectivity index (χ2v) is 7.23. The molecule has 0 aromatic carbocycles. The van der Waals surface area contributed by atoms with Gasteiger partial charge in [0.1, 0.15) is 12.7 Å². The largest absolute Gasteiger partial charge is 0.431 e. The van der Waals surface area contributed by atoms with Crippen molar-refractivity contribution < 1.29 is 28.8 Å². The lowest BCUT2D eigenvalue weighted by molar-refractivity contribution is -0.151. The van der Waals surface area contributed by atoms with Crippen LogP contribution in [0.25, 0.3) is 20.9 Å². The molecule has 1 heterocycles.